The van der Waals surface area contributed by atoms with Crippen molar-refractivity contribution < 1.29 is 9.59 Å². The van der Waals surface area contributed by atoms with Crippen molar-refractivity contribution in [2.75, 3.05) is 11.4 Å². The zero-order valence-electron chi connectivity index (χ0n) is 11.3. The number of carbonyl (C=O) groups is 2. The Bertz CT molecular complexity index is 522. The Morgan fingerprint density at radius 2 is 2.00 bits per heavy atom. The molecule has 5 heteroatoms. The molecule has 2 aliphatic rings. The third-order valence-electron chi connectivity index (χ3n) is 3.95. The van der Waals surface area contributed by atoms with Crippen LogP contribution >= 0.6 is 0 Å². The molecule has 0 bridgehead atoms. The van der Waals surface area contributed by atoms with Crippen molar-refractivity contribution in [2.24, 2.45) is 11.7 Å². The summed E-state index contributed by atoms with van der Waals surface area (Å²) in [5.41, 5.74) is 7.32. The smallest absolute Gasteiger partial charge is 0.227 e. The SMILES string of the molecule is NC(=O)C1CC(=O)N(c2ccc(CNC3CC3)cc2)C1. The number of nitrogens with one attached hydrogen (secondary N) is 1. The van der Waals surface area contributed by atoms with Crippen LogP contribution in [0.4, 0.5) is 5.69 Å². The molecule has 0 spiro atoms. The van der Waals surface area contributed by atoms with Gasteiger partial charge in [0.25, 0.3) is 0 Å². The van der Waals surface area contributed by atoms with Crippen molar-refractivity contribution in [1.29, 1.82) is 0 Å². The molecule has 0 radical (unpaired) electrons. The van der Waals surface area contributed by atoms with Crippen molar-refractivity contribution in [1.82, 2.24) is 5.32 Å². The van der Waals surface area contributed by atoms with Gasteiger partial charge in [-0.15, -0.1) is 0 Å². The molecule has 1 unspecified atom stereocenters. The van der Waals surface area contributed by atoms with Gasteiger partial charge in [-0.25, -0.2) is 0 Å². The second-order valence-electron chi connectivity index (χ2n) is 5.63. The second-order valence-corrected chi connectivity index (χ2v) is 5.63. The van der Waals surface area contributed by atoms with E-state index in [1.54, 1.807) is 4.90 Å². The molecule has 1 heterocycles. The molecule has 3 N–H and O–H groups in total. The lowest BCUT2D eigenvalue weighted by Gasteiger charge is -2.16. The molecule has 2 amide bonds. The first kappa shape index (κ1) is 13.1. The fraction of sp³-hybridized carbons (Fsp3) is 0.467. The maximum Gasteiger partial charge on any atom is 0.227 e. The summed E-state index contributed by atoms with van der Waals surface area (Å²) in [5, 5.41) is 3.45. The Balaban J connectivity index is 1.64. The van der Waals surface area contributed by atoms with E-state index >= 15 is 0 Å². The number of hydrogen-bond donors (Lipinski definition) is 2. The summed E-state index contributed by atoms with van der Waals surface area (Å²) in [6.45, 7) is 1.26. The topological polar surface area (TPSA) is 75.4 Å². The van der Waals surface area contributed by atoms with Crippen molar-refractivity contribution in [2.45, 2.75) is 31.8 Å². The molecule has 20 heavy (non-hydrogen) atoms. The fourth-order valence-corrected chi connectivity index (χ4v) is 2.49. The Kier molecular flexibility index (Phi) is 3.44. The summed E-state index contributed by atoms with van der Waals surface area (Å²) >= 11 is 0. The highest BCUT2D eigenvalue weighted by Gasteiger charge is 2.33. The van der Waals surface area contributed by atoms with Crippen LogP contribution in [-0.2, 0) is 16.1 Å². The first-order chi connectivity index (χ1) is 9.63. The normalized spacial score (nSPS) is 22.3. The number of amides is 2. The first-order valence-corrected chi connectivity index (χ1v) is 7.05. The molecule has 3 rings (SSSR count). The third-order valence-corrected chi connectivity index (χ3v) is 3.95. The van der Waals surface area contributed by atoms with E-state index in [-0.39, 0.29) is 18.2 Å². The van der Waals surface area contributed by atoms with Crippen LogP contribution in [0.2, 0.25) is 0 Å². The van der Waals surface area contributed by atoms with Crippen LogP contribution in [0.3, 0.4) is 0 Å². The summed E-state index contributed by atoms with van der Waals surface area (Å²) < 4.78 is 0. The van der Waals surface area contributed by atoms with Crippen LogP contribution in [0.25, 0.3) is 0 Å². The maximum atomic E-state index is 11.9. The van der Waals surface area contributed by atoms with Gasteiger partial charge in [-0.2, -0.15) is 0 Å². The number of anilines is 1. The second kappa shape index (κ2) is 5.25. The van der Waals surface area contributed by atoms with Gasteiger partial charge in [0.15, 0.2) is 0 Å². The first-order valence-electron chi connectivity index (χ1n) is 7.05. The summed E-state index contributed by atoms with van der Waals surface area (Å²) in [4.78, 5) is 24.7. The molecule has 2 fully saturated rings. The van der Waals surface area contributed by atoms with Crippen molar-refractivity contribution in [3.8, 4) is 0 Å². The summed E-state index contributed by atoms with van der Waals surface area (Å²) in [6, 6.07) is 8.60. The fourth-order valence-electron chi connectivity index (χ4n) is 2.49. The van der Waals surface area contributed by atoms with Gasteiger partial charge in [-0.05, 0) is 30.5 Å². The highest BCUT2D eigenvalue weighted by Crippen LogP contribution is 2.25. The van der Waals surface area contributed by atoms with Crippen LogP contribution in [-0.4, -0.2) is 24.4 Å². The lowest BCUT2D eigenvalue weighted by molar-refractivity contribution is -0.123. The van der Waals surface area contributed by atoms with E-state index in [0.717, 1.165) is 12.2 Å². The van der Waals surface area contributed by atoms with E-state index in [9.17, 15) is 9.59 Å². The van der Waals surface area contributed by atoms with Crippen LogP contribution in [0.1, 0.15) is 24.8 Å². The van der Waals surface area contributed by atoms with E-state index in [1.165, 1.54) is 18.4 Å². The van der Waals surface area contributed by atoms with Crippen LogP contribution < -0.4 is 16.0 Å². The monoisotopic (exact) mass is 273 g/mol. The Hall–Kier alpha value is -1.88. The summed E-state index contributed by atoms with van der Waals surface area (Å²) in [7, 11) is 0. The van der Waals surface area contributed by atoms with E-state index in [1.807, 2.05) is 24.3 Å². The summed E-state index contributed by atoms with van der Waals surface area (Å²) in [6.07, 6.45) is 2.77. The minimum atomic E-state index is -0.397. The van der Waals surface area contributed by atoms with Crippen LogP contribution in [0.5, 0.6) is 0 Å². The number of benzene rings is 1. The van der Waals surface area contributed by atoms with Gasteiger partial charge in [0, 0.05) is 31.2 Å². The van der Waals surface area contributed by atoms with Crippen LogP contribution in [0, 0.1) is 5.92 Å². The minimum Gasteiger partial charge on any atom is -0.369 e. The third kappa shape index (κ3) is 2.82. The van der Waals surface area contributed by atoms with Gasteiger partial charge < -0.3 is 16.0 Å². The Morgan fingerprint density at radius 1 is 1.30 bits per heavy atom. The predicted octanol–water partition coefficient (Wildman–Crippen LogP) is 0.777. The molecule has 1 saturated carbocycles. The molecule has 5 nitrogen and oxygen atoms in total. The number of nitrogens with zero attached hydrogens (tertiary/aromatic N) is 1. The molecule has 1 aliphatic heterocycles. The average Bonchev–Trinajstić information content (AvgIpc) is 3.18. The van der Waals surface area contributed by atoms with Gasteiger partial charge >= 0.3 is 0 Å². The average molecular weight is 273 g/mol. The van der Waals surface area contributed by atoms with Gasteiger partial charge in [-0.3, -0.25) is 9.59 Å². The predicted molar refractivity (Wildman–Crippen MR) is 76.0 cm³/mol. The highest BCUT2D eigenvalue weighted by atomic mass is 16.2. The lowest BCUT2D eigenvalue weighted by Crippen LogP contribution is -2.28. The van der Waals surface area contributed by atoms with E-state index in [0.29, 0.717) is 12.6 Å². The van der Waals surface area contributed by atoms with E-state index in [2.05, 4.69) is 5.32 Å². The van der Waals surface area contributed by atoms with Gasteiger partial charge in [0.05, 0.1) is 5.92 Å². The number of hydrogen-bond acceptors (Lipinski definition) is 3. The van der Waals surface area contributed by atoms with E-state index in [4.69, 9.17) is 5.73 Å². The number of primary amides is 1. The summed E-state index contributed by atoms with van der Waals surface area (Å²) in [5.74, 6) is -0.789. The molecule has 1 saturated heterocycles. The van der Waals surface area contributed by atoms with Crippen molar-refractivity contribution >= 4 is 17.5 Å². The largest absolute Gasteiger partial charge is 0.369 e. The molecule has 1 atom stereocenters. The molecule has 0 aromatic heterocycles. The molecular weight excluding hydrogens is 254 g/mol. The number of carbonyl (C=O) groups excluding carboxylic acids is 2. The minimum absolute atomic E-state index is 0.0299. The zero-order valence-corrected chi connectivity index (χ0v) is 11.3. The Labute approximate surface area is 118 Å². The maximum absolute atomic E-state index is 11.9. The zero-order chi connectivity index (χ0) is 14.1. The van der Waals surface area contributed by atoms with Crippen LogP contribution in [0.15, 0.2) is 24.3 Å². The van der Waals surface area contributed by atoms with E-state index < -0.39 is 5.91 Å². The molecule has 1 aromatic carbocycles. The van der Waals surface area contributed by atoms with Gasteiger partial charge in [0.2, 0.25) is 11.8 Å². The molecule has 106 valence electrons. The quantitative estimate of drug-likeness (QED) is 0.832. The lowest BCUT2D eigenvalue weighted by atomic mass is 10.1. The van der Waals surface area contributed by atoms with Crippen molar-refractivity contribution in [3.63, 3.8) is 0 Å². The molecule has 1 aromatic rings. The van der Waals surface area contributed by atoms with Gasteiger partial charge in [0.1, 0.15) is 0 Å². The molecule has 1 aliphatic carbocycles. The van der Waals surface area contributed by atoms with Gasteiger partial charge in [-0.1, -0.05) is 12.1 Å². The number of rotatable bonds is 5. The standard InChI is InChI=1S/C15H19N3O2/c16-15(20)11-7-14(19)18(9-11)13-5-1-10(2-6-13)8-17-12-3-4-12/h1-2,5-6,11-12,17H,3-4,7-9H2,(H2,16,20). The Morgan fingerprint density at radius 3 is 2.55 bits per heavy atom. The van der Waals surface area contributed by atoms with Crippen molar-refractivity contribution in [3.05, 3.63) is 29.8 Å². The number of nitrogens with two attached hydrogens (primary N) is 1. The highest BCUT2D eigenvalue weighted by molar-refractivity contribution is 6.00. The molecular formula is C15H19N3O2.